The van der Waals surface area contributed by atoms with Crippen molar-refractivity contribution in [3.63, 3.8) is 0 Å². The highest BCUT2D eigenvalue weighted by molar-refractivity contribution is 5.80. The van der Waals surface area contributed by atoms with Crippen LogP contribution in [0.3, 0.4) is 0 Å². The van der Waals surface area contributed by atoms with E-state index < -0.39 is 4.92 Å². The highest BCUT2D eigenvalue weighted by Crippen LogP contribution is 2.27. The van der Waals surface area contributed by atoms with Crippen molar-refractivity contribution in [2.45, 2.75) is 40.7 Å². The first-order chi connectivity index (χ1) is 10.8. The Morgan fingerprint density at radius 1 is 1.39 bits per heavy atom. The van der Waals surface area contributed by atoms with E-state index in [0.717, 1.165) is 12.1 Å². The van der Waals surface area contributed by atoms with Gasteiger partial charge in [0.15, 0.2) is 0 Å². The van der Waals surface area contributed by atoms with Gasteiger partial charge in [0.2, 0.25) is 0 Å². The second-order valence-electron chi connectivity index (χ2n) is 6.79. The number of nitro benzene ring substituents is 1. The fourth-order valence-electron chi connectivity index (χ4n) is 2.71. The van der Waals surface area contributed by atoms with Gasteiger partial charge in [-0.2, -0.15) is 4.99 Å². The number of nitro groups is 1. The maximum absolute atomic E-state index is 10.8. The summed E-state index contributed by atoms with van der Waals surface area (Å²) in [6.45, 7) is 12.1. The highest BCUT2D eigenvalue weighted by atomic mass is 16.6. The molecule has 1 aliphatic rings. The molecule has 0 spiro atoms. The molecular formula is C17H25N3O3. The summed E-state index contributed by atoms with van der Waals surface area (Å²) in [5, 5.41) is 10.8. The minimum Gasteiger partial charge on any atom is -0.463 e. The molecule has 0 aliphatic carbocycles. The van der Waals surface area contributed by atoms with Crippen molar-refractivity contribution in [1.82, 2.24) is 4.90 Å². The third-order valence-electron chi connectivity index (χ3n) is 3.97. The van der Waals surface area contributed by atoms with E-state index in [0.29, 0.717) is 36.2 Å². The lowest BCUT2D eigenvalue weighted by Gasteiger charge is -2.27. The Labute approximate surface area is 137 Å². The van der Waals surface area contributed by atoms with E-state index in [1.165, 1.54) is 6.07 Å². The summed E-state index contributed by atoms with van der Waals surface area (Å²) in [6, 6.07) is 5.64. The van der Waals surface area contributed by atoms with Gasteiger partial charge in [-0.15, -0.1) is 0 Å². The van der Waals surface area contributed by atoms with Gasteiger partial charge in [-0.3, -0.25) is 10.1 Å². The number of benzene rings is 1. The Kier molecular flexibility index (Phi) is 5.23. The van der Waals surface area contributed by atoms with Crippen LogP contribution in [0.5, 0.6) is 0 Å². The number of aryl methyl sites for hydroxylation is 1. The Bertz CT molecular complexity index is 611. The molecule has 0 radical (unpaired) electrons. The van der Waals surface area contributed by atoms with Crippen molar-refractivity contribution in [2.75, 3.05) is 13.2 Å². The van der Waals surface area contributed by atoms with E-state index in [1.54, 1.807) is 12.1 Å². The summed E-state index contributed by atoms with van der Waals surface area (Å²) >= 11 is 0. The largest absolute Gasteiger partial charge is 0.463 e. The van der Waals surface area contributed by atoms with Crippen LogP contribution in [0.25, 0.3) is 0 Å². The maximum Gasteiger partial charge on any atom is 0.293 e. The molecule has 0 amide bonds. The van der Waals surface area contributed by atoms with Crippen LogP contribution in [0.1, 0.15) is 33.3 Å². The SMILES string of the molecule is Cc1cc([N+](=O)[O-])ccc1N=C1OC[C@H](C(C)C)N1CC(C)C. The van der Waals surface area contributed by atoms with E-state index >= 15 is 0 Å². The lowest BCUT2D eigenvalue weighted by molar-refractivity contribution is -0.384. The fraction of sp³-hybridized carbons (Fsp3) is 0.588. The molecule has 126 valence electrons. The van der Waals surface area contributed by atoms with Gasteiger partial charge in [-0.05, 0) is 30.4 Å². The first-order valence-corrected chi connectivity index (χ1v) is 8.02. The average molecular weight is 319 g/mol. The molecule has 0 unspecified atom stereocenters. The molecule has 1 heterocycles. The standard InChI is InChI=1S/C17H25N3O3/c1-11(2)9-19-16(12(3)4)10-23-17(19)18-15-7-6-14(20(21)22)8-13(15)5/h6-8,11-12,16H,9-10H2,1-5H3/t16-/m1/s1. The number of hydrogen-bond acceptors (Lipinski definition) is 4. The molecule has 0 saturated carbocycles. The summed E-state index contributed by atoms with van der Waals surface area (Å²) in [5.74, 6) is 0.973. The van der Waals surface area contributed by atoms with Crippen molar-refractivity contribution < 1.29 is 9.66 Å². The number of non-ortho nitro benzene ring substituents is 1. The van der Waals surface area contributed by atoms with Crippen LogP contribution in [-0.2, 0) is 4.74 Å². The molecule has 1 aromatic carbocycles. The monoisotopic (exact) mass is 319 g/mol. The van der Waals surface area contributed by atoms with Gasteiger partial charge in [-0.25, -0.2) is 0 Å². The highest BCUT2D eigenvalue weighted by Gasteiger charge is 2.33. The van der Waals surface area contributed by atoms with Crippen LogP contribution >= 0.6 is 0 Å². The average Bonchev–Trinajstić information content (AvgIpc) is 2.83. The van der Waals surface area contributed by atoms with E-state index in [-0.39, 0.29) is 5.69 Å². The number of amidine groups is 1. The Hall–Kier alpha value is -2.11. The van der Waals surface area contributed by atoms with E-state index in [4.69, 9.17) is 4.74 Å². The second-order valence-corrected chi connectivity index (χ2v) is 6.79. The lowest BCUT2D eigenvalue weighted by atomic mass is 10.0. The normalized spacial score (nSPS) is 19.7. The molecule has 6 heteroatoms. The van der Waals surface area contributed by atoms with Gasteiger partial charge in [-0.1, -0.05) is 27.7 Å². The van der Waals surface area contributed by atoms with Gasteiger partial charge in [0.25, 0.3) is 11.7 Å². The smallest absolute Gasteiger partial charge is 0.293 e. The number of hydrogen-bond donors (Lipinski definition) is 0. The predicted molar refractivity (Wildman–Crippen MR) is 91.1 cm³/mol. The molecule has 6 nitrogen and oxygen atoms in total. The zero-order valence-corrected chi connectivity index (χ0v) is 14.4. The summed E-state index contributed by atoms with van der Waals surface area (Å²) in [7, 11) is 0. The quantitative estimate of drug-likeness (QED) is 0.609. The van der Waals surface area contributed by atoms with Crippen LogP contribution in [0.15, 0.2) is 23.2 Å². The molecule has 0 N–H and O–H groups in total. The van der Waals surface area contributed by atoms with Crippen molar-refractivity contribution in [3.05, 3.63) is 33.9 Å². The first kappa shape index (κ1) is 17.2. The first-order valence-electron chi connectivity index (χ1n) is 8.02. The van der Waals surface area contributed by atoms with Crippen LogP contribution in [0.2, 0.25) is 0 Å². The molecule has 23 heavy (non-hydrogen) atoms. The number of rotatable bonds is 5. The van der Waals surface area contributed by atoms with Crippen molar-refractivity contribution in [2.24, 2.45) is 16.8 Å². The van der Waals surface area contributed by atoms with Gasteiger partial charge < -0.3 is 9.64 Å². The minimum absolute atomic E-state index is 0.0814. The van der Waals surface area contributed by atoms with Crippen molar-refractivity contribution in [1.29, 1.82) is 0 Å². The third kappa shape index (κ3) is 4.00. The predicted octanol–water partition coefficient (Wildman–Crippen LogP) is 3.90. The van der Waals surface area contributed by atoms with E-state index in [2.05, 4.69) is 37.6 Å². The number of aliphatic imine (C=N–C) groups is 1. The van der Waals surface area contributed by atoms with Crippen LogP contribution in [0, 0.1) is 28.9 Å². The second kappa shape index (κ2) is 6.98. The molecule has 0 bridgehead atoms. The Morgan fingerprint density at radius 3 is 2.61 bits per heavy atom. The summed E-state index contributed by atoms with van der Waals surface area (Å²) in [5.41, 5.74) is 1.56. The molecule has 1 saturated heterocycles. The summed E-state index contributed by atoms with van der Waals surface area (Å²) in [6.07, 6.45) is 0. The van der Waals surface area contributed by atoms with E-state index in [9.17, 15) is 10.1 Å². The maximum atomic E-state index is 10.8. The van der Waals surface area contributed by atoms with Crippen LogP contribution in [0.4, 0.5) is 11.4 Å². The molecule has 1 atom stereocenters. The van der Waals surface area contributed by atoms with E-state index in [1.807, 2.05) is 6.92 Å². The topological polar surface area (TPSA) is 68.0 Å². The number of ether oxygens (including phenoxy) is 1. The van der Waals surface area contributed by atoms with Crippen molar-refractivity contribution in [3.8, 4) is 0 Å². The molecule has 2 rings (SSSR count). The summed E-state index contributed by atoms with van der Waals surface area (Å²) in [4.78, 5) is 17.3. The molecule has 0 aromatic heterocycles. The number of nitrogens with zero attached hydrogens (tertiary/aromatic N) is 3. The molecule has 1 fully saturated rings. The Balaban J connectivity index is 2.31. The lowest BCUT2D eigenvalue weighted by Crippen LogP contribution is -2.40. The van der Waals surface area contributed by atoms with Crippen molar-refractivity contribution >= 4 is 17.4 Å². The zero-order chi connectivity index (χ0) is 17.1. The van der Waals surface area contributed by atoms with Gasteiger partial charge in [0.05, 0.1) is 16.7 Å². The fourth-order valence-corrected chi connectivity index (χ4v) is 2.71. The molecule has 1 aromatic rings. The van der Waals surface area contributed by atoms with Gasteiger partial charge >= 0.3 is 0 Å². The van der Waals surface area contributed by atoms with Gasteiger partial charge in [0, 0.05) is 18.7 Å². The third-order valence-corrected chi connectivity index (χ3v) is 3.97. The van der Waals surface area contributed by atoms with Crippen LogP contribution in [-0.4, -0.2) is 35.0 Å². The summed E-state index contributed by atoms with van der Waals surface area (Å²) < 4.78 is 5.82. The molecular weight excluding hydrogens is 294 g/mol. The minimum atomic E-state index is -0.393. The Morgan fingerprint density at radius 2 is 2.09 bits per heavy atom. The zero-order valence-electron chi connectivity index (χ0n) is 14.4. The van der Waals surface area contributed by atoms with Crippen LogP contribution < -0.4 is 0 Å². The molecule has 1 aliphatic heterocycles. The van der Waals surface area contributed by atoms with Gasteiger partial charge in [0.1, 0.15) is 6.61 Å².